The van der Waals surface area contributed by atoms with Crippen LogP contribution >= 0.6 is 0 Å². The minimum absolute atomic E-state index is 0.126. The van der Waals surface area contributed by atoms with Gasteiger partial charge < -0.3 is 10.6 Å². The molecule has 1 amide bonds. The molecule has 2 saturated carbocycles. The molecule has 0 saturated heterocycles. The van der Waals surface area contributed by atoms with Crippen LogP contribution in [-0.4, -0.2) is 41.5 Å². The number of nitrogens with zero attached hydrogens (tertiary/aromatic N) is 2. The van der Waals surface area contributed by atoms with Crippen molar-refractivity contribution in [2.24, 2.45) is 13.0 Å². The monoisotopic (exact) mass is 459 g/mol. The van der Waals surface area contributed by atoms with Gasteiger partial charge in [0.2, 0.25) is 5.91 Å². The molecule has 2 aliphatic carbocycles. The van der Waals surface area contributed by atoms with E-state index in [1.807, 2.05) is 6.07 Å². The second-order valence-electron chi connectivity index (χ2n) is 8.53. The van der Waals surface area contributed by atoms with E-state index < -0.39 is 27.8 Å². The van der Waals surface area contributed by atoms with Gasteiger partial charge in [0.25, 0.3) is 5.56 Å². The first-order chi connectivity index (χ1) is 15.1. The van der Waals surface area contributed by atoms with Gasteiger partial charge in [0.1, 0.15) is 17.4 Å². The number of pyridine rings is 1. The van der Waals surface area contributed by atoms with Crippen molar-refractivity contribution in [3.63, 3.8) is 0 Å². The number of aromatic amines is 1. The third-order valence-electron chi connectivity index (χ3n) is 5.84. The normalized spacial score (nSPS) is 20.3. The van der Waals surface area contributed by atoms with Crippen molar-refractivity contribution in [2.75, 3.05) is 16.9 Å². The highest BCUT2D eigenvalue weighted by Gasteiger charge is 2.43. The molecule has 5 rings (SSSR count). The van der Waals surface area contributed by atoms with E-state index in [2.05, 4.69) is 20.7 Å². The second kappa shape index (κ2) is 7.16. The maximum absolute atomic E-state index is 13.3. The number of rotatable bonds is 6. The van der Waals surface area contributed by atoms with E-state index in [1.54, 1.807) is 12.1 Å². The molecule has 9 nitrogen and oxygen atoms in total. The van der Waals surface area contributed by atoms with Gasteiger partial charge in [-0.3, -0.25) is 19.4 Å². The zero-order valence-corrected chi connectivity index (χ0v) is 18.3. The molecule has 2 atom stereocenters. The van der Waals surface area contributed by atoms with E-state index >= 15 is 0 Å². The first-order valence-electron chi connectivity index (χ1n) is 10.3. The van der Waals surface area contributed by atoms with E-state index in [9.17, 15) is 22.4 Å². The van der Waals surface area contributed by atoms with Crippen LogP contribution in [0.5, 0.6) is 0 Å². The molecular formula is C21H22FN5O4S. The minimum atomic E-state index is -3.56. The molecule has 2 aromatic heterocycles. The summed E-state index contributed by atoms with van der Waals surface area (Å²) in [6.07, 6.45) is 2.21. The van der Waals surface area contributed by atoms with Gasteiger partial charge >= 0.3 is 0 Å². The number of carbonyl (C=O) groups excluding carboxylic acids is 1. The number of aryl methyl sites for hydroxylation is 1. The molecule has 3 N–H and O–H groups in total. The van der Waals surface area contributed by atoms with Gasteiger partial charge in [-0.05, 0) is 42.9 Å². The number of amides is 1. The number of anilines is 3. The lowest BCUT2D eigenvalue weighted by Crippen LogP contribution is -2.16. The molecule has 11 heteroatoms. The quantitative estimate of drug-likeness (QED) is 0.520. The molecule has 0 aliphatic heterocycles. The van der Waals surface area contributed by atoms with Gasteiger partial charge in [-0.25, -0.2) is 17.8 Å². The molecule has 0 radical (unpaired) electrons. The first kappa shape index (κ1) is 20.7. The Morgan fingerprint density at radius 3 is 2.59 bits per heavy atom. The zero-order valence-electron chi connectivity index (χ0n) is 17.5. The van der Waals surface area contributed by atoms with Crippen LogP contribution in [0.1, 0.15) is 30.7 Å². The fourth-order valence-corrected chi connectivity index (χ4v) is 4.67. The van der Waals surface area contributed by atoms with Crippen LogP contribution in [0.3, 0.4) is 0 Å². The Morgan fingerprint density at radius 2 is 1.97 bits per heavy atom. The number of hydrogen-bond donors (Lipinski definition) is 3. The zero-order chi connectivity index (χ0) is 22.8. The Bertz CT molecular complexity index is 1420. The average molecular weight is 460 g/mol. The van der Waals surface area contributed by atoms with Crippen molar-refractivity contribution in [1.82, 2.24) is 14.8 Å². The Labute approximate surface area is 182 Å². The number of nitrogens with one attached hydrogen (secondary N) is 3. The topological polar surface area (TPSA) is 126 Å². The molecular weight excluding hydrogens is 437 g/mol. The van der Waals surface area contributed by atoms with Gasteiger partial charge in [0.05, 0.1) is 22.2 Å². The van der Waals surface area contributed by atoms with Crippen LogP contribution in [0.2, 0.25) is 0 Å². The van der Waals surface area contributed by atoms with E-state index in [4.69, 9.17) is 0 Å². The predicted molar refractivity (Wildman–Crippen MR) is 118 cm³/mol. The highest BCUT2D eigenvalue weighted by molar-refractivity contribution is 7.90. The van der Waals surface area contributed by atoms with Gasteiger partial charge in [0, 0.05) is 19.4 Å². The summed E-state index contributed by atoms with van der Waals surface area (Å²) in [7, 11) is -2.03. The number of halogens is 1. The molecule has 32 heavy (non-hydrogen) atoms. The SMILES string of the molecule is Cn1[nH]c2nc(NC(=O)C3CC3F)cc(Nc3ccc(C4CC4)cc3S(C)(=O)=O)c2c1=O. The van der Waals surface area contributed by atoms with E-state index in [0.717, 1.165) is 24.7 Å². The summed E-state index contributed by atoms with van der Waals surface area (Å²) in [6, 6.07) is 6.68. The van der Waals surface area contributed by atoms with E-state index in [0.29, 0.717) is 11.6 Å². The average Bonchev–Trinajstić information content (AvgIpc) is 3.63. The number of sulfone groups is 1. The van der Waals surface area contributed by atoms with Crippen LogP contribution in [-0.2, 0) is 21.7 Å². The van der Waals surface area contributed by atoms with Gasteiger partial charge in [-0.1, -0.05) is 6.07 Å². The summed E-state index contributed by atoms with van der Waals surface area (Å²) < 4.78 is 39.5. The highest BCUT2D eigenvalue weighted by atomic mass is 32.2. The third-order valence-corrected chi connectivity index (χ3v) is 6.97. The number of alkyl halides is 1. The second-order valence-corrected chi connectivity index (χ2v) is 10.5. The molecule has 2 unspecified atom stereocenters. The van der Waals surface area contributed by atoms with Crippen molar-refractivity contribution in [3.05, 3.63) is 40.2 Å². The molecule has 168 valence electrons. The van der Waals surface area contributed by atoms with E-state index in [1.165, 1.54) is 17.8 Å². The van der Waals surface area contributed by atoms with Crippen molar-refractivity contribution in [2.45, 2.75) is 36.2 Å². The molecule has 0 spiro atoms. The van der Waals surface area contributed by atoms with Gasteiger partial charge in [-0.15, -0.1) is 0 Å². The van der Waals surface area contributed by atoms with Crippen molar-refractivity contribution in [3.8, 4) is 0 Å². The summed E-state index contributed by atoms with van der Waals surface area (Å²) in [5.74, 6) is -0.691. The molecule has 2 aliphatic rings. The molecule has 1 aromatic carbocycles. The molecule has 3 aromatic rings. The molecule has 2 fully saturated rings. The third kappa shape index (κ3) is 3.77. The fraction of sp³-hybridized carbons (Fsp3) is 0.381. The Balaban J connectivity index is 1.59. The van der Waals surface area contributed by atoms with Crippen LogP contribution in [0.4, 0.5) is 21.6 Å². The lowest BCUT2D eigenvalue weighted by molar-refractivity contribution is -0.117. The van der Waals surface area contributed by atoms with Gasteiger partial charge in [-0.2, -0.15) is 0 Å². The minimum Gasteiger partial charge on any atom is -0.354 e. The largest absolute Gasteiger partial charge is 0.354 e. The van der Waals surface area contributed by atoms with Crippen LogP contribution in [0.15, 0.2) is 34.0 Å². The number of hydrogen-bond acceptors (Lipinski definition) is 6. The Hall–Kier alpha value is -3.21. The van der Waals surface area contributed by atoms with Crippen LogP contribution in [0, 0.1) is 5.92 Å². The Kier molecular flexibility index (Phi) is 4.63. The van der Waals surface area contributed by atoms with Crippen molar-refractivity contribution < 1.29 is 17.6 Å². The summed E-state index contributed by atoms with van der Waals surface area (Å²) in [5.41, 5.74) is 1.40. The maximum Gasteiger partial charge on any atom is 0.277 e. The molecule has 0 bridgehead atoms. The summed E-state index contributed by atoms with van der Waals surface area (Å²) in [4.78, 5) is 29.2. The predicted octanol–water partition coefficient (Wildman–Crippen LogP) is 2.58. The first-order valence-corrected chi connectivity index (χ1v) is 12.2. The maximum atomic E-state index is 13.3. The van der Waals surface area contributed by atoms with Gasteiger partial charge in [0.15, 0.2) is 15.5 Å². The van der Waals surface area contributed by atoms with Crippen LogP contribution < -0.4 is 16.2 Å². The molecule has 2 heterocycles. The number of fused-ring (bicyclic) bond motifs is 1. The lowest BCUT2D eigenvalue weighted by Gasteiger charge is -2.14. The summed E-state index contributed by atoms with van der Waals surface area (Å²) in [6.45, 7) is 0. The number of carbonyl (C=O) groups is 1. The Morgan fingerprint density at radius 1 is 1.25 bits per heavy atom. The number of H-pyrrole nitrogens is 1. The number of aromatic nitrogens is 3. The standard InChI is InChI=1S/C21H22FN5O4S/c1-27-21(29)18-15(9-17(24-19(18)26-27)25-20(28)12-8-13(12)22)23-14-6-5-11(10-3-4-10)7-16(14)32(2,30)31/h5-7,9-10,12-13H,3-4,8H2,1-2H3,(H3,23,24,25,26,28). The fourth-order valence-electron chi connectivity index (χ4n) is 3.80. The van der Waals surface area contributed by atoms with Crippen molar-refractivity contribution in [1.29, 1.82) is 0 Å². The summed E-state index contributed by atoms with van der Waals surface area (Å²) >= 11 is 0. The van der Waals surface area contributed by atoms with Crippen molar-refractivity contribution >= 4 is 44.0 Å². The van der Waals surface area contributed by atoms with E-state index in [-0.39, 0.29) is 39.4 Å². The summed E-state index contributed by atoms with van der Waals surface area (Å²) in [5, 5.41) is 8.65. The lowest BCUT2D eigenvalue weighted by atomic mass is 10.1. The smallest absolute Gasteiger partial charge is 0.277 e. The highest BCUT2D eigenvalue weighted by Crippen LogP contribution is 2.42. The van der Waals surface area contributed by atoms with Crippen LogP contribution in [0.25, 0.3) is 11.0 Å². The number of benzene rings is 1.